The number of Topliss-reactive ketones (excluding diaryl/α,β-unsaturated/α-hetero) is 1. The molecule has 4 heteroatoms. The highest BCUT2D eigenvalue weighted by molar-refractivity contribution is 6.13. The lowest BCUT2D eigenvalue weighted by atomic mass is 10.0. The molecule has 4 aromatic rings. The second-order valence-electron chi connectivity index (χ2n) is 9.67. The Kier molecular flexibility index (Phi) is 17.8. The molecule has 0 heterocycles. The molecule has 0 aliphatic heterocycles. The summed E-state index contributed by atoms with van der Waals surface area (Å²) in [6, 6.07) is 41.1. The number of carbonyl (C=O) groups is 2. The van der Waals surface area contributed by atoms with Gasteiger partial charge in [-0.15, -0.1) is 0 Å². The molecular formula is C39H46N2O2. The lowest BCUT2D eigenvalue weighted by Crippen LogP contribution is -2.10. The van der Waals surface area contributed by atoms with Crippen molar-refractivity contribution >= 4 is 23.0 Å². The Hall–Kier alpha value is -4.70. The quantitative estimate of drug-likeness (QED) is 0.140. The van der Waals surface area contributed by atoms with Crippen LogP contribution in [-0.2, 0) is 9.59 Å². The van der Waals surface area contributed by atoms with E-state index in [0.29, 0.717) is 6.42 Å². The minimum Gasteiger partial charge on any atom is -0.300 e. The van der Waals surface area contributed by atoms with Crippen molar-refractivity contribution in [2.24, 2.45) is 9.98 Å². The summed E-state index contributed by atoms with van der Waals surface area (Å²) in [6.07, 6.45) is 2.65. The summed E-state index contributed by atoms with van der Waals surface area (Å²) in [5.74, 6) is 0.239. The molecule has 1 atom stereocenters. The second kappa shape index (κ2) is 21.1. The Morgan fingerprint density at radius 1 is 0.674 bits per heavy atom. The van der Waals surface area contributed by atoms with E-state index in [0.717, 1.165) is 35.5 Å². The van der Waals surface area contributed by atoms with E-state index >= 15 is 0 Å². The summed E-state index contributed by atoms with van der Waals surface area (Å²) in [6.45, 7) is 11.2. The van der Waals surface area contributed by atoms with Crippen molar-refractivity contribution in [2.45, 2.75) is 54.0 Å². The zero-order valence-corrected chi connectivity index (χ0v) is 25.2. The summed E-state index contributed by atoms with van der Waals surface area (Å²) in [4.78, 5) is 30.3. The maximum Gasteiger partial charge on any atom is 0.152 e. The maximum absolute atomic E-state index is 11.1. The summed E-state index contributed by atoms with van der Waals surface area (Å²) < 4.78 is 0. The molecule has 43 heavy (non-hydrogen) atoms. The normalized spacial score (nSPS) is 10.1. The first-order chi connectivity index (χ1) is 20.3. The van der Waals surface area contributed by atoms with Crippen LogP contribution >= 0.6 is 0 Å². The Bertz CT molecular complexity index is 1330. The molecule has 0 fully saturated rings. The molecular weight excluding hydrogens is 528 g/mol. The number of allylic oxidation sites excluding steroid dienone is 1. The minimum atomic E-state index is 0. The predicted octanol–water partition coefficient (Wildman–Crippen LogP) is 9.22. The highest BCUT2D eigenvalue weighted by atomic mass is 16.1. The summed E-state index contributed by atoms with van der Waals surface area (Å²) in [5, 5.41) is 0. The lowest BCUT2D eigenvalue weighted by Gasteiger charge is -2.11. The van der Waals surface area contributed by atoms with Gasteiger partial charge in [-0.05, 0) is 40.2 Å². The van der Waals surface area contributed by atoms with Crippen LogP contribution in [0.5, 0.6) is 0 Å². The van der Waals surface area contributed by atoms with Gasteiger partial charge in [-0.2, -0.15) is 0 Å². The van der Waals surface area contributed by atoms with Crippen LogP contribution in [0.2, 0.25) is 0 Å². The Balaban J connectivity index is 0.000000373. The highest BCUT2D eigenvalue weighted by Gasteiger charge is 2.09. The van der Waals surface area contributed by atoms with E-state index in [1.807, 2.05) is 72.8 Å². The van der Waals surface area contributed by atoms with Crippen LogP contribution in [0.4, 0.5) is 0 Å². The fraction of sp³-hybridized carbons (Fsp3) is 0.231. The van der Waals surface area contributed by atoms with Gasteiger partial charge in [-0.1, -0.05) is 135 Å². The molecule has 0 bridgehead atoms. The maximum atomic E-state index is 11.1. The molecule has 1 unspecified atom stereocenters. The first-order valence-corrected chi connectivity index (χ1v) is 14.3. The van der Waals surface area contributed by atoms with Crippen molar-refractivity contribution in [1.29, 1.82) is 0 Å². The monoisotopic (exact) mass is 574 g/mol. The second-order valence-corrected chi connectivity index (χ2v) is 9.67. The van der Waals surface area contributed by atoms with Gasteiger partial charge in [0.2, 0.25) is 0 Å². The van der Waals surface area contributed by atoms with E-state index in [2.05, 4.69) is 73.9 Å². The van der Waals surface area contributed by atoms with Crippen LogP contribution in [0.15, 0.2) is 144 Å². The van der Waals surface area contributed by atoms with Crippen molar-refractivity contribution in [3.63, 3.8) is 0 Å². The summed E-state index contributed by atoms with van der Waals surface area (Å²) in [5.41, 5.74) is 6.64. The molecule has 0 aromatic heterocycles. The third-order valence-corrected chi connectivity index (χ3v) is 6.06. The standard InChI is InChI=1S/C19H21NO.C15H15N.C4H6O.CH4/c1-15(13-14-16(2)21)20-19(17-9-5-3-6-10-17)18-11-7-4-8-12-18;1-2-16-15(13-9-5-3-6-10-13)14-11-7-4-8-12-14;1-3-4(2)5;/h3-12,15H,13-14H2,1-2H3;3-12H,2H2,1H3;3H,1H2,2H3;1H4. The van der Waals surface area contributed by atoms with Crippen molar-refractivity contribution in [3.05, 3.63) is 156 Å². The van der Waals surface area contributed by atoms with E-state index in [-0.39, 0.29) is 25.0 Å². The molecule has 0 saturated carbocycles. The SMILES string of the molecule is C.C=CC(C)=O.CC(=O)CCC(C)N=C(c1ccccc1)c1ccccc1.CCN=C(c1ccccc1)c1ccccc1. The van der Waals surface area contributed by atoms with Crippen molar-refractivity contribution in [3.8, 4) is 0 Å². The van der Waals surface area contributed by atoms with E-state index in [1.54, 1.807) is 6.92 Å². The molecule has 0 radical (unpaired) electrons. The van der Waals surface area contributed by atoms with Gasteiger partial charge in [0.05, 0.1) is 11.4 Å². The lowest BCUT2D eigenvalue weighted by molar-refractivity contribution is -0.117. The van der Waals surface area contributed by atoms with E-state index < -0.39 is 0 Å². The number of hydrogen-bond acceptors (Lipinski definition) is 4. The summed E-state index contributed by atoms with van der Waals surface area (Å²) in [7, 11) is 0. The van der Waals surface area contributed by atoms with Crippen LogP contribution in [0.1, 0.15) is 70.2 Å². The van der Waals surface area contributed by atoms with Crippen LogP contribution in [0.3, 0.4) is 0 Å². The van der Waals surface area contributed by atoms with Crippen LogP contribution in [0, 0.1) is 0 Å². The van der Waals surface area contributed by atoms with Crippen molar-refractivity contribution in [1.82, 2.24) is 0 Å². The number of nitrogens with zero attached hydrogens (tertiary/aromatic N) is 2. The number of aliphatic imine (C=N–C) groups is 2. The smallest absolute Gasteiger partial charge is 0.152 e. The molecule has 0 aliphatic rings. The first kappa shape index (κ1) is 36.3. The Labute approximate surface area is 259 Å². The average Bonchev–Trinajstić information content (AvgIpc) is 3.03. The molecule has 0 saturated heterocycles. The first-order valence-electron chi connectivity index (χ1n) is 14.3. The van der Waals surface area contributed by atoms with E-state index in [4.69, 9.17) is 4.99 Å². The van der Waals surface area contributed by atoms with Crippen LogP contribution in [0.25, 0.3) is 0 Å². The van der Waals surface area contributed by atoms with Crippen LogP contribution in [-0.4, -0.2) is 35.6 Å². The number of carbonyl (C=O) groups excluding carboxylic acids is 2. The zero-order valence-electron chi connectivity index (χ0n) is 25.2. The largest absolute Gasteiger partial charge is 0.300 e. The molecule has 4 aromatic carbocycles. The zero-order chi connectivity index (χ0) is 30.6. The molecule has 4 rings (SSSR count). The van der Waals surface area contributed by atoms with Gasteiger partial charge in [0.25, 0.3) is 0 Å². The molecule has 4 nitrogen and oxygen atoms in total. The van der Waals surface area contributed by atoms with Gasteiger partial charge in [-0.25, -0.2) is 0 Å². The molecule has 0 N–H and O–H groups in total. The number of ketones is 2. The highest BCUT2D eigenvalue weighted by Crippen LogP contribution is 2.14. The molecule has 0 amide bonds. The average molecular weight is 575 g/mol. The van der Waals surface area contributed by atoms with E-state index in [9.17, 15) is 9.59 Å². The third kappa shape index (κ3) is 14.2. The van der Waals surface area contributed by atoms with Gasteiger partial charge >= 0.3 is 0 Å². The Morgan fingerprint density at radius 2 is 1.00 bits per heavy atom. The van der Waals surface area contributed by atoms with Gasteiger partial charge in [-0.3, -0.25) is 14.8 Å². The molecule has 224 valence electrons. The van der Waals surface area contributed by atoms with Gasteiger partial charge in [0, 0.05) is 41.3 Å². The topological polar surface area (TPSA) is 58.9 Å². The third-order valence-electron chi connectivity index (χ3n) is 6.06. The van der Waals surface area contributed by atoms with Gasteiger partial charge in [0.1, 0.15) is 5.78 Å². The van der Waals surface area contributed by atoms with Crippen molar-refractivity contribution in [2.75, 3.05) is 6.54 Å². The van der Waals surface area contributed by atoms with Gasteiger partial charge in [0.15, 0.2) is 5.78 Å². The molecule has 0 spiro atoms. The van der Waals surface area contributed by atoms with Gasteiger partial charge < -0.3 is 4.79 Å². The predicted molar refractivity (Wildman–Crippen MR) is 185 cm³/mol. The molecule has 0 aliphatic carbocycles. The number of rotatable bonds is 10. The fourth-order valence-corrected chi connectivity index (χ4v) is 3.90. The fourth-order valence-electron chi connectivity index (χ4n) is 3.90. The Morgan fingerprint density at radius 3 is 1.28 bits per heavy atom. The van der Waals surface area contributed by atoms with E-state index in [1.165, 1.54) is 24.1 Å². The summed E-state index contributed by atoms with van der Waals surface area (Å²) >= 11 is 0. The van der Waals surface area contributed by atoms with Crippen LogP contribution < -0.4 is 0 Å². The van der Waals surface area contributed by atoms with Crippen molar-refractivity contribution < 1.29 is 9.59 Å². The number of benzene rings is 4. The number of hydrogen-bond donors (Lipinski definition) is 0. The minimum absolute atomic E-state index is 0.